The largest absolute Gasteiger partial charge is 0.465 e. The van der Waals surface area contributed by atoms with Crippen molar-refractivity contribution in [1.29, 1.82) is 0 Å². The minimum Gasteiger partial charge on any atom is -0.465 e. The second-order valence-corrected chi connectivity index (χ2v) is 4.38. The van der Waals surface area contributed by atoms with Crippen LogP contribution in [0.25, 0.3) is 0 Å². The highest BCUT2D eigenvalue weighted by atomic mass is 127. The van der Waals surface area contributed by atoms with Gasteiger partial charge in [0, 0.05) is 24.7 Å². The van der Waals surface area contributed by atoms with Crippen LogP contribution in [0, 0.1) is 3.57 Å². The Kier molecular flexibility index (Phi) is 1.96. The van der Waals surface area contributed by atoms with Crippen molar-refractivity contribution < 1.29 is 15.4 Å². The molecule has 0 spiro atoms. The van der Waals surface area contributed by atoms with Gasteiger partial charge in [0.15, 0.2) is 0 Å². The van der Waals surface area contributed by atoms with Crippen molar-refractivity contribution in [3.05, 3.63) is 16.0 Å². The van der Waals surface area contributed by atoms with Crippen LogP contribution in [0.5, 0.6) is 0 Å². The van der Waals surface area contributed by atoms with Crippen molar-refractivity contribution in [1.82, 2.24) is 14.7 Å². The molecule has 15 heavy (non-hydrogen) atoms. The molecule has 1 aromatic rings. The lowest BCUT2D eigenvalue weighted by molar-refractivity contribution is 0.124. The number of aromatic nitrogens is 2. The van der Waals surface area contributed by atoms with Gasteiger partial charge < -0.3 is 10.0 Å². The smallest absolute Gasteiger partial charge is 0.407 e. The average molecular weight is 325 g/mol. The molecule has 2 rings (SSSR count). The van der Waals surface area contributed by atoms with E-state index >= 15 is 0 Å². The van der Waals surface area contributed by atoms with Gasteiger partial charge in [0.1, 0.15) is 0 Å². The third-order valence-corrected chi connectivity index (χ3v) is 2.66. The molecule has 1 amide bonds. The fourth-order valence-electron chi connectivity index (χ4n) is 1.36. The number of piperidine rings is 1. The number of carbonyl (C=O) groups is 1. The Bertz CT molecular complexity index is 489. The van der Waals surface area contributed by atoms with E-state index in [-0.39, 0.29) is 17.7 Å². The Morgan fingerprint density at radius 1 is 1.67 bits per heavy atom. The maximum atomic E-state index is 11.1. The Morgan fingerprint density at radius 3 is 2.80 bits per heavy atom. The number of carboxylic acid groups (broad SMARTS) is 1. The maximum Gasteiger partial charge on any atom is 0.407 e. The molecule has 0 aliphatic carbocycles. The number of halogens is 1. The normalized spacial score (nSPS) is 28.7. The molecule has 1 N–H and O–H groups in total. The Balaban J connectivity index is 2.33. The van der Waals surface area contributed by atoms with Crippen LogP contribution in [-0.2, 0) is 0 Å². The van der Waals surface area contributed by atoms with E-state index in [0.717, 1.165) is 3.57 Å². The molecule has 0 radical (unpaired) electrons. The number of nitrogens with zero attached hydrogens (tertiary/aromatic N) is 3. The molecule has 0 saturated carbocycles. The first kappa shape index (κ1) is 6.72. The van der Waals surface area contributed by atoms with Crippen molar-refractivity contribution in [3.8, 4) is 0 Å². The van der Waals surface area contributed by atoms with E-state index in [1.807, 2.05) is 0 Å². The lowest BCUT2D eigenvalue weighted by Crippen LogP contribution is -2.38. The third kappa shape index (κ3) is 2.42. The first-order chi connectivity index (χ1) is 8.63. The summed E-state index contributed by atoms with van der Waals surface area (Å²) in [4.78, 5) is 11.3. The van der Waals surface area contributed by atoms with Crippen LogP contribution in [0.15, 0.2) is 12.4 Å². The van der Waals surface area contributed by atoms with E-state index in [1.54, 1.807) is 12.4 Å². The summed E-state index contributed by atoms with van der Waals surface area (Å²) in [6, 6.07) is -0.510. The molecule has 2 heterocycles. The average Bonchev–Trinajstić information content (AvgIpc) is 2.59. The summed E-state index contributed by atoms with van der Waals surface area (Å²) in [6.45, 7) is -4.54. The molecule has 1 aliphatic rings. The van der Waals surface area contributed by atoms with E-state index in [0.29, 0.717) is 0 Å². The van der Waals surface area contributed by atoms with Crippen LogP contribution in [0.1, 0.15) is 24.4 Å². The zero-order chi connectivity index (χ0) is 14.4. The van der Waals surface area contributed by atoms with Crippen molar-refractivity contribution in [2.24, 2.45) is 0 Å². The molecule has 0 unspecified atom stereocenters. The van der Waals surface area contributed by atoms with Crippen molar-refractivity contribution in [3.63, 3.8) is 0 Å². The molecule has 0 atom stereocenters. The van der Waals surface area contributed by atoms with Gasteiger partial charge in [-0.25, -0.2) is 4.79 Å². The Morgan fingerprint density at radius 2 is 2.33 bits per heavy atom. The zero-order valence-corrected chi connectivity index (χ0v) is 9.88. The third-order valence-electron chi connectivity index (χ3n) is 2.11. The van der Waals surface area contributed by atoms with Crippen molar-refractivity contribution >= 4 is 28.7 Å². The van der Waals surface area contributed by atoms with Gasteiger partial charge >= 0.3 is 6.09 Å². The van der Waals surface area contributed by atoms with Gasteiger partial charge in [0.05, 0.1) is 15.8 Å². The van der Waals surface area contributed by atoms with Gasteiger partial charge in [-0.1, -0.05) is 0 Å². The Hall–Kier alpha value is -0.790. The van der Waals surface area contributed by atoms with Crippen LogP contribution in [0.3, 0.4) is 0 Å². The second-order valence-electron chi connectivity index (χ2n) is 3.13. The van der Waals surface area contributed by atoms with E-state index in [2.05, 4.69) is 27.7 Å². The molecule has 0 bridgehead atoms. The summed E-state index contributed by atoms with van der Waals surface area (Å²) in [5.41, 5.74) is 0. The van der Waals surface area contributed by atoms with Gasteiger partial charge in [0.2, 0.25) is 0 Å². The van der Waals surface area contributed by atoms with Crippen molar-refractivity contribution in [2.75, 3.05) is 13.0 Å². The molecule has 1 saturated heterocycles. The van der Waals surface area contributed by atoms with Gasteiger partial charge in [-0.05, 0) is 35.4 Å². The highest BCUT2D eigenvalue weighted by Gasteiger charge is 2.23. The Labute approximate surface area is 107 Å². The highest BCUT2D eigenvalue weighted by molar-refractivity contribution is 14.1. The predicted octanol–water partition coefficient (Wildman–Crippen LogP) is 1.80. The molecule has 0 aromatic carbocycles. The van der Waals surface area contributed by atoms with E-state index in [9.17, 15) is 4.79 Å². The van der Waals surface area contributed by atoms with Crippen molar-refractivity contribution in [2.45, 2.75) is 18.9 Å². The van der Waals surface area contributed by atoms with Crippen LogP contribution in [0.2, 0.25) is 0 Å². The number of hydrogen-bond acceptors (Lipinski definition) is 2. The molecule has 1 fully saturated rings. The number of likely N-dealkylation sites (tertiary alicyclic amines) is 1. The fourth-order valence-corrected chi connectivity index (χ4v) is 1.77. The summed E-state index contributed by atoms with van der Waals surface area (Å²) in [6.07, 6.45) is 1.43. The summed E-state index contributed by atoms with van der Waals surface area (Å²) < 4.78 is 33.5. The van der Waals surface area contributed by atoms with Crippen LogP contribution < -0.4 is 0 Å². The number of rotatable bonds is 1. The first-order valence-corrected chi connectivity index (χ1v) is 5.44. The summed E-state index contributed by atoms with van der Waals surface area (Å²) in [7, 11) is 0. The van der Waals surface area contributed by atoms with E-state index < -0.39 is 25.1 Å². The van der Waals surface area contributed by atoms with Gasteiger partial charge in [-0.2, -0.15) is 5.10 Å². The minimum atomic E-state index is -2.27. The topological polar surface area (TPSA) is 58.4 Å². The fraction of sp³-hybridized carbons (Fsp3) is 0.556. The van der Waals surface area contributed by atoms with Crippen LogP contribution in [0.4, 0.5) is 4.79 Å². The molecule has 1 aromatic heterocycles. The summed E-state index contributed by atoms with van der Waals surface area (Å²) >= 11 is 2.05. The first-order valence-electron chi connectivity index (χ1n) is 6.36. The standard InChI is InChI=1S/C9H12IN3O2/c10-7-5-11-13(6-7)8-1-3-12(4-2-8)9(14)15/h5-6,8H,1-4H2,(H,14,15)/i3D2,4D2. The van der Waals surface area contributed by atoms with Gasteiger partial charge in [0.25, 0.3) is 0 Å². The zero-order valence-electron chi connectivity index (χ0n) is 11.7. The minimum absolute atomic E-state index is 0.128. The van der Waals surface area contributed by atoms with Crippen LogP contribution in [-0.4, -0.2) is 38.9 Å². The summed E-state index contributed by atoms with van der Waals surface area (Å²) in [5, 5.41) is 13.0. The van der Waals surface area contributed by atoms with Gasteiger partial charge in [-0.3, -0.25) is 4.68 Å². The van der Waals surface area contributed by atoms with E-state index in [4.69, 9.17) is 10.6 Å². The van der Waals surface area contributed by atoms with E-state index in [1.165, 1.54) is 4.68 Å². The molecule has 5 nitrogen and oxygen atoms in total. The quantitative estimate of drug-likeness (QED) is 0.801. The SMILES string of the molecule is [2H]C1([2H])CC(n2cc(I)cn2)CC([2H])([2H])N1C(=O)O. The molecule has 1 aliphatic heterocycles. The molecular formula is C9H12IN3O2. The monoisotopic (exact) mass is 325 g/mol. The lowest BCUT2D eigenvalue weighted by atomic mass is 10.1. The molecule has 82 valence electrons. The summed E-state index contributed by atoms with van der Waals surface area (Å²) in [5.74, 6) is 0. The number of amides is 1. The highest BCUT2D eigenvalue weighted by Crippen LogP contribution is 2.22. The van der Waals surface area contributed by atoms with Gasteiger partial charge in [-0.15, -0.1) is 0 Å². The second kappa shape index (κ2) is 4.38. The molecular weight excluding hydrogens is 309 g/mol. The van der Waals surface area contributed by atoms with Crippen LogP contribution >= 0.6 is 22.6 Å². The maximum absolute atomic E-state index is 11.1. The number of hydrogen-bond donors (Lipinski definition) is 1. The lowest BCUT2D eigenvalue weighted by Gasteiger charge is -2.29. The predicted molar refractivity (Wildman–Crippen MR) is 62.8 cm³/mol. The molecule has 6 heteroatoms.